The van der Waals surface area contributed by atoms with Gasteiger partial charge in [0.25, 0.3) is 0 Å². The van der Waals surface area contributed by atoms with Gasteiger partial charge in [-0.15, -0.1) is 0 Å². The SMILES string of the molecule is C=C/C(=C\N=C(C)CCC)C(F)(F)F. The second-order valence-electron chi connectivity index (χ2n) is 2.90. The lowest BCUT2D eigenvalue weighted by molar-refractivity contribution is -0.0883. The van der Waals surface area contributed by atoms with Crippen LogP contribution in [0, 0.1) is 0 Å². The van der Waals surface area contributed by atoms with Gasteiger partial charge in [-0.25, -0.2) is 0 Å². The highest BCUT2D eigenvalue weighted by Crippen LogP contribution is 2.26. The molecule has 0 spiro atoms. The van der Waals surface area contributed by atoms with Crippen molar-refractivity contribution >= 4 is 5.71 Å². The van der Waals surface area contributed by atoms with Crippen LogP contribution in [0.5, 0.6) is 0 Å². The van der Waals surface area contributed by atoms with E-state index >= 15 is 0 Å². The summed E-state index contributed by atoms with van der Waals surface area (Å²) in [6, 6.07) is 0. The van der Waals surface area contributed by atoms with Crippen LogP contribution >= 0.6 is 0 Å². The molecular formula is C10H14F3N. The summed E-state index contributed by atoms with van der Waals surface area (Å²) in [5.41, 5.74) is -0.121. The van der Waals surface area contributed by atoms with Crippen LogP contribution in [0.2, 0.25) is 0 Å². The zero-order valence-corrected chi connectivity index (χ0v) is 8.36. The molecule has 0 aromatic rings. The van der Waals surface area contributed by atoms with E-state index in [0.29, 0.717) is 12.1 Å². The number of nitrogens with zero attached hydrogens (tertiary/aromatic N) is 1. The van der Waals surface area contributed by atoms with E-state index in [1.165, 1.54) is 0 Å². The van der Waals surface area contributed by atoms with Crippen LogP contribution in [0.4, 0.5) is 13.2 Å². The number of hydrogen-bond donors (Lipinski definition) is 0. The first-order valence-electron chi connectivity index (χ1n) is 4.35. The highest BCUT2D eigenvalue weighted by molar-refractivity contribution is 5.82. The third kappa shape index (κ3) is 4.84. The minimum absolute atomic E-state index is 0.691. The average Bonchev–Trinajstić information content (AvgIpc) is 2.03. The first kappa shape index (κ1) is 12.9. The van der Waals surface area contributed by atoms with Gasteiger partial charge in [0.1, 0.15) is 0 Å². The molecule has 0 saturated carbocycles. The Morgan fingerprint density at radius 3 is 2.36 bits per heavy atom. The summed E-state index contributed by atoms with van der Waals surface area (Å²) in [4.78, 5) is 3.71. The summed E-state index contributed by atoms with van der Waals surface area (Å²) >= 11 is 0. The maximum Gasteiger partial charge on any atom is 0.417 e. The smallest absolute Gasteiger partial charge is 0.265 e. The standard InChI is InChI=1S/C10H14F3N/c1-4-6-8(3)14-7-9(5-2)10(11,12)13/h5,7H,2,4,6H2,1,3H3/b9-7+,14-8?. The Hall–Kier alpha value is -1.06. The summed E-state index contributed by atoms with van der Waals surface area (Å²) in [6.45, 7) is 6.74. The van der Waals surface area contributed by atoms with Crippen LogP contribution in [0.25, 0.3) is 0 Å². The predicted octanol–water partition coefficient (Wildman–Crippen LogP) is 3.88. The van der Waals surface area contributed by atoms with Gasteiger partial charge in [0.2, 0.25) is 0 Å². The van der Waals surface area contributed by atoms with Gasteiger partial charge in [-0.3, -0.25) is 4.99 Å². The Morgan fingerprint density at radius 1 is 1.43 bits per heavy atom. The zero-order valence-electron chi connectivity index (χ0n) is 8.36. The first-order chi connectivity index (χ1) is 6.41. The third-order valence-electron chi connectivity index (χ3n) is 1.58. The van der Waals surface area contributed by atoms with Gasteiger partial charge >= 0.3 is 6.18 Å². The molecule has 0 bridgehead atoms. The van der Waals surface area contributed by atoms with Crippen molar-refractivity contribution in [3.8, 4) is 0 Å². The zero-order chi connectivity index (χ0) is 11.2. The van der Waals surface area contributed by atoms with E-state index in [-0.39, 0.29) is 0 Å². The number of rotatable bonds is 4. The van der Waals surface area contributed by atoms with Crippen LogP contribution in [-0.4, -0.2) is 11.9 Å². The molecule has 0 unspecified atom stereocenters. The monoisotopic (exact) mass is 205 g/mol. The number of alkyl halides is 3. The van der Waals surface area contributed by atoms with Gasteiger partial charge in [0.05, 0.1) is 5.57 Å². The number of allylic oxidation sites excluding steroid dienone is 2. The van der Waals surface area contributed by atoms with Gasteiger partial charge in [-0.1, -0.05) is 26.0 Å². The van der Waals surface area contributed by atoms with Gasteiger partial charge in [-0.05, 0) is 13.3 Å². The van der Waals surface area contributed by atoms with Crippen LogP contribution in [0.1, 0.15) is 26.7 Å². The summed E-state index contributed by atoms with van der Waals surface area (Å²) < 4.78 is 36.4. The van der Waals surface area contributed by atoms with Crippen molar-refractivity contribution in [1.29, 1.82) is 0 Å². The Labute approximate surface area is 82.0 Å². The molecule has 0 saturated heterocycles. The van der Waals surface area contributed by atoms with Crippen LogP contribution in [-0.2, 0) is 0 Å². The fourth-order valence-corrected chi connectivity index (χ4v) is 0.848. The van der Waals surface area contributed by atoms with E-state index in [4.69, 9.17) is 0 Å². The lowest BCUT2D eigenvalue weighted by Gasteiger charge is -2.05. The molecule has 14 heavy (non-hydrogen) atoms. The molecule has 0 rings (SSSR count). The minimum atomic E-state index is -4.36. The summed E-state index contributed by atoms with van der Waals surface area (Å²) in [5.74, 6) is 0. The van der Waals surface area contributed by atoms with E-state index in [9.17, 15) is 13.2 Å². The maximum absolute atomic E-state index is 12.1. The predicted molar refractivity (Wildman–Crippen MR) is 52.4 cm³/mol. The molecule has 0 aliphatic rings. The van der Waals surface area contributed by atoms with Crippen molar-refractivity contribution < 1.29 is 13.2 Å². The van der Waals surface area contributed by atoms with E-state index in [0.717, 1.165) is 18.7 Å². The van der Waals surface area contributed by atoms with E-state index in [2.05, 4.69) is 11.6 Å². The van der Waals surface area contributed by atoms with Crippen molar-refractivity contribution in [3.05, 3.63) is 24.4 Å². The second kappa shape index (κ2) is 5.62. The molecule has 0 amide bonds. The molecule has 0 radical (unpaired) electrons. The molecule has 0 aliphatic carbocycles. The molecular weight excluding hydrogens is 191 g/mol. The number of halogens is 3. The van der Waals surface area contributed by atoms with Crippen LogP contribution in [0.15, 0.2) is 29.4 Å². The van der Waals surface area contributed by atoms with Gasteiger partial charge in [0.15, 0.2) is 0 Å². The lowest BCUT2D eigenvalue weighted by atomic mass is 10.2. The molecule has 0 fully saturated rings. The molecule has 0 aromatic carbocycles. The quantitative estimate of drug-likeness (QED) is 0.488. The summed E-state index contributed by atoms with van der Waals surface area (Å²) in [5, 5.41) is 0. The number of hydrogen-bond acceptors (Lipinski definition) is 1. The highest BCUT2D eigenvalue weighted by atomic mass is 19.4. The Balaban J connectivity index is 4.62. The Kier molecular flexibility index (Phi) is 5.20. The Bertz CT molecular complexity index is 249. The summed E-state index contributed by atoms with van der Waals surface area (Å²) in [7, 11) is 0. The van der Waals surface area contributed by atoms with Crippen LogP contribution < -0.4 is 0 Å². The first-order valence-corrected chi connectivity index (χ1v) is 4.35. The third-order valence-corrected chi connectivity index (χ3v) is 1.58. The second-order valence-corrected chi connectivity index (χ2v) is 2.90. The fraction of sp³-hybridized carbons (Fsp3) is 0.500. The van der Waals surface area contributed by atoms with Crippen molar-refractivity contribution in [2.45, 2.75) is 32.9 Å². The molecule has 0 atom stereocenters. The van der Waals surface area contributed by atoms with E-state index in [1.807, 2.05) is 6.92 Å². The topological polar surface area (TPSA) is 12.4 Å². The van der Waals surface area contributed by atoms with Gasteiger partial charge < -0.3 is 0 Å². The molecule has 0 heterocycles. The number of aliphatic imine (C=N–C) groups is 1. The van der Waals surface area contributed by atoms with Crippen LogP contribution in [0.3, 0.4) is 0 Å². The summed E-state index contributed by atoms with van der Waals surface area (Å²) in [6.07, 6.45) is -1.20. The largest absolute Gasteiger partial charge is 0.417 e. The molecule has 0 N–H and O–H groups in total. The lowest BCUT2D eigenvalue weighted by Crippen LogP contribution is -2.09. The molecule has 0 aliphatic heterocycles. The molecule has 1 nitrogen and oxygen atoms in total. The van der Waals surface area contributed by atoms with Crippen molar-refractivity contribution in [2.75, 3.05) is 0 Å². The Morgan fingerprint density at radius 2 is 2.00 bits per heavy atom. The normalized spacial score (nSPS) is 14.4. The van der Waals surface area contributed by atoms with Crippen molar-refractivity contribution in [3.63, 3.8) is 0 Å². The maximum atomic E-state index is 12.1. The van der Waals surface area contributed by atoms with Gasteiger partial charge in [-0.2, -0.15) is 13.2 Å². The molecule has 0 aromatic heterocycles. The van der Waals surface area contributed by atoms with E-state index < -0.39 is 11.7 Å². The average molecular weight is 205 g/mol. The highest BCUT2D eigenvalue weighted by Gasteiger charge is 2.31. The fourth-order valence-electron chi connectivity index (χ4n) is 0.848. The van der Waals surface area contributed by atoms with Crippen molar-refractivity contribution in [1.82, 2.24) is 0 Å². The minimum Gasteiger partial charge on any atom is -0.265 e. The van der Waals surface area contributed by atoms with E-state index in [1.54, 1.807) is 6.92 Å². The molecule has 80 valence electrons. The van der Waals surface area contributed by atoms with Crippen molar-refractivity contribution in [2.24, 2.45) is 4.99 Å². The molecule has 4 heteroatoms. The van der Waals surface area contributed by atoms with Gasteiger partial charge in [0, 0.05) is 11.9 Å².